The number of ketones is 1. The quantitative estimate of drug-likeness (QED) is 0.371. The van der Waals surface area contributed by atoms with Crippen molar-refractivity contribution in [1.29, 1.82) is 0 Å². The smallest absolute Gasteiger partial charge is 0.231 e. The number of carbonyl (C=O) groups excluding carboxylic acids is 1. The van der Waals surface area contributed by atoms with E-state index < -0.39 is 0 Å². The summed E-state index contributed by atoms with van der Waals surface area (Å²) in [6, 6.07) is 0. The van der Waals surface area contributed by atoms with Crippen molar-refractivity contribution in [3.8, 4) is 23.0 Å². The Morgan fingerprint density at radius 3 is 2.19 bits per heavy atom. The van der Waals surface area contributed by atoms with E-state index in [0.29, 0.717) is 35.0 Å². The van der Waals surface area contributed by atoms with E-state index in [1.165, 1.54) is 25.7 Å². The van der Waals surface area contributed by atoms with Crippen molar-refractivity contribution in [2.75, 3.05) is 21.0 Å². The Labute approximate surface area is 157 Å². The Bertz CT molecular complexity index is 609. The maximum absolute atomic E-state index is 13.0. The molecule has 0 unspecified atom stereocenters. The van der Waals surface area contributed by atoms with Crippen molar-refractivity contribution in [2.24, 2.45) is 0 Å². The van der Waals surface area contributed by atoms with Crippen LogP contribution in [-0.2, 0) is 6.42 Å². The summed E-state index contributed by atoms with van der Waals surface area (Å²) in [5.41, 5.74) is 1.48. The fourth-order valence-electron chi connectivity index (χ4n) is 3.50. The van der Waals surface area contributed by atoms with E-state index in [1.54, 1.807) is 14.2 Å². The maximum atomic E-state index is 13.0. The second kappa shape index (κ2) is 10.3. The fraction of sp³-hybridized carbons (Fsp3) is 0.667. The molecule has 5 heteroatoms. The van der Waals surface area contributed by atoms with Gasteiger partial charge in [-0.3, -0.25) is 4.79 Å². The summed E-state index contributed by atoms with van der Waals surface area (Å²) >= 11 is 0. The number of ether oxygens (including phenoxy) is 4. The van der Waals surface area contributed by atoms with E-state index >= 15 is 0 Å². The predicted octanol–water partition coefficient (Wildman–Crippen LogP) is 5.32. The van der Waals surface area contributed by atoms with Crippen molar-refractivity contribution in [1.82, 2.24) is 0 Å². The van der Waals surface area contributed by atoms with E-state index in [-0.39, 0.29) is 12.6 Å². The van der Waals surface area contributed by atoms with Gasteiger partial charge in [0.05, 0.1) is 19.8 Å². The summed E-state index contributed by atoms with van der Waals surface area (Å²) in [4.78, 5) is 13.0. The number of hydrogen-bond acceptors (Lipinski definition) is 5. The number of benzene rings is 1. The topological polar surface area (TPSA) is 54.0 Å². The van der Waals surface area contributed by atoms with Crippen LogP contribution in [0.15, 0.2) is 0 Å². The standard InChI is InChI=1S/C21H32O5/c1-5-7-8-9-10-11-13-16(22)17-15(12-6-2)18(23-3)20(24-4)21-19(17)25-14-26-21/h5-14H2,1-4H3. The van der Waals surface area contributed by atoms with Crippen LogP contribution in [0.1, 0.15) is 81.1 Å². The highest BCUT2D eigenvalue weighted by atomic mass is 16.7. The van der Waals surface area contributed by atoms with E-state index in [1.807, 2.05) is 0 Å². The third kappa shape index (κ3) is 4.43. The number of methoxy groups -OCH3 is 2. The molecule has 0 spiro atoms. The number of rotatable bonds is 12. The van der Waals surface area contributed by atoms with E-state index in [4.69, 9.17) is 18.9 Å². The molecular formula is C21H32O5. The van der Waals surface area contributed by atoms with Crippen LogP contribution in [0.5, 0.6) is 23.0 Å². The Kier molecular flexibility index (Phi) is 8.07. The predicted molar refractivity (Wildman–Crippen MR) is 102 cm³/mol. The molecule has 0 amide bonds. The Morgan fingerprint density at radius 2 is 1.54 bits per heavy atom. The average Bonchev–Trinajstić information content (AvgIpc) is 3.12. The number of Topliss-reactive ketones (excluding diaryl/α,β-unsaturated/α-hetero) is 1. The Morgan fingerprint density at radius 1 is 0.885 bits per heavy atom. The number of hydrogen-bond donors (Lipinski definition) is 0. The highest BCUT2D eigenvalue weighted by Gasteiger charge is 2.33. The molecular weight excluding hydrogens is 332 g/mol. The summed E-state index contributed by atoms with van der Waals surface area (Å²) in [5, 5.41) is 0. The van der Waals surface area contributed by atoms with Crippen molar-refractivity contribution in [3.05, 3.63) is 11.1 Å². The van der Waals surface area contributed by atoms with E-state index in [2.05, 4.69) is 13.8 Å². The zero-order valence-corrected chi connectivity index (χ0v) is 16.6. The summed E-state index contributed by atoms with van der Waals surface area (Å²) in [6.45, 7) is 4.39. The first-order valence-corrected chi connectivity index (χ1v) is 9.79. The van der Waals surface area contributed by atoms with Crippen LogP contribution >= 0.6 is 0 Å². The fourth-order valence-corrected chi connectivity index (χ4v) is 3.50. The molecule has 0 atom stereocenters. The number of unbranched alkanes of at least 4 members (excludes halogenated alkanes) is 5. The molecule has 146 valence electrons. The summed E-state index contributed by atoms with van der Waals surface area (Å²) in [6.07, 6.45) is 9.07. The van der Waals surface area contributed by atoms with Crippen LogP contribution in [-0.4, -0.2) is 26.8 Å². The second-order valence-electron chi connectivity index (χ2n) is 6.68. The lowest BCUT2D eigenvalue weighted by molar-refractivity contribution is 0.0973. The zero-order chi connectivity index (χ0) is 18.9. The number of fused-ring (bicyclic) bond motifs is 1. The lowest BCUT2D eigenvalue weighted by Crippen LogP contribution is -2.09. The van der Waals surface area contributed by atoms with Gasteiger partial charge < -0.3 is 18.9 Å². The molecule has 0 N–H and O–H groups in total. The van der Waals surface area contributed by atoms with Crippen molar-refractivity contribution < 1.29 is 23.7 Å². The van der Waals surface area contributed by atoms with Crippen LogP contribution < -0.4 is 18.9 Å². The lowest BCUT2D eigenvalue weighted by Gasteiger charge is -2.18. The van der Waals surface area contributed by atoms with Gasteiger partial charge in [-0.1, -0.05) is 52.4 Å². The van der Waals surface area contributed by atoms with E-state index in [9.17, 15) is 4.79 Å². The van der Waals surface area contributed by atoms with Crippen molar-refractivity contribution in [3.63, 3.8) is 0 Å². The van der Waals surface area contributed by atoms with Gasteiger partial charge in [0.1, 0.15) is 0 Å². The van der Waals surface area contributed by atoms with Crippen LogP contribution in [0.2, 0.25) is 0 Å². The third-order valence-corrected chi connectivity index (χ3v) is 4.77. The zero-order valence-electron chi connectivity index (χ0n) is 16.6. The summed E-state index contributed by atoms with van der Waals surface area (Å²) < 4.78 is 22.3. The molecule has 1 aromatic carbocycles. The summed E-state index contributed by atoms with van der Waals surface area (Å²) in [5.74, 6) is 2.20. The monoisotopic (exact) mass is 364 g/mol. The molecule has 5 nitrogen and oxygen atoms in total. The van der Waals surface area contributed by atoms with Crippen LogP contribution in [0, 0.1) is 0 Å². The van der Waals surface area contributed by atoms with Gasteiger partial charge in [-0.25, -0.2) is 0 Å². The molecule has 1 aromatic rings. The minimum absolute atomic E-state index is 0.0989. The van der Waals surface area contributed by atoms with Gasteiger partial charge in [-0.15, -0.1) is 0 Å². The Balaban J connectivity index is 2.25. The largest absolute Gasteiger partial charge is 0.492 e. The first-order valence-electron chi connectivity index (χ1n) is 9.79. The SMILES string of the molecule is CCCCCCCCC(=O)c1c(CCC)c(OC)c(OC)c2c1OCO2. The molecule has 1 aliphatic rings. The van der Waals surface area contributed by atoms with Gasteiger partial charge in [0.25, 0.3) is 0 Å². The van der Waals surface area contributed by atoms with Gasteiger partial charge in [0, 0.05) is 12.0 Å². The van der Waals surface area contributed by atoms with E-state index in [0.717, 1.165) is 31.2 Å². The minimum Gasteiger partial charge on any atom is -0.492 e. The molecule has 0 aliphatic carbocycles. The molecule has 0 radical (unpaired) electrons. The first-order chi connectivity index (χ1) is 12.7. The normalized spacial score (nSPS) is 12.3. The molecule has 1 heterocycles. The molecule has 0 saturated heterocycles. The number of carbonyl (C=O) groups is 1. The second-order valence-corrected chi connectivity index (χ2v) is 6.68. The Hall–Kier alpha value is -1.91. The molecule has 0 saturated carbocycles. The summed E-state index contributed by atoms with van der Waals surface area (Å²) in [7, 11) is 3.18. The molecule has 0 bridgehead atoms. The minimum atomic E-state index is 0.0989. The molecule has 0 fully saturated rings. The molecule has 26 heavy (non-hydrogen) atoms. The van der Waals surface area contributed by atoms with Gasteiger partial charge in [-0.2, -0.15) is 0 Å². The van der Waals surface area contributed by atoms with Gasteiger partial charge in [-0.05, 0) is 12.8 Å². The van der Waals surface area contributed by atoms with Crippen LogP contribution in [0.25, 0.3) is 0 Å². The molecule has 0 aromatic heterocycles. The first kappa shape index (κ1) is 20.4. The van der Waals surface area contributed by atoms with Gasteiger partial charge in [0.2, 0.25) is 18.3 Å². The van der Waals surface area contributed by atoms with Crippen LogP contribution in [0.3, 0.4) is 0 Å². The van der Waals surface area contributed by atoms with Gasteiger partial charge in [0.15, 0.2) is 17.3 Å². The highest BCUT2D eigenvalue weighted by Crippen LogP contribution is 2.52. The maximum Gasteiger partial charge on any atom is 0.231 e. The van der Waals surface area contributed by atoms with Crippen LogP contribution in [0.4, 0.5) is 0 Å². The average molecular weight is 364 g/mol. The lowest BCUT2D eigenvalue weighted by atomic mass is 9.93. The van der Waals surface area contributed by atoms with Crippen molar-refractivity contribution >= 4 is 5.78 Å². The van der Waals surface area contributed by atoms with Gasteiger partial charge >= 0.3 is 0 Å². The molecule has 1 aliphatic heterocycles. The molecule has 2 rings (SSSR count). The third-order valence-electron chi connectivity index (χ3n) is 4.77. The highest BCUT2D eigenvalue weighted by molar-refractivity contribution is 6.02. The van der Waals surface area contributed by atoms with Crippen molar-refractivity contribution in [2.45, 2.75) is 71.6 Å².